The Hall–Kier alpha value is -2.48. The highest BCUT2D eigenvalue weighted by Crippen LogP contribution is 2.29. The van der Waals surface area contributed by atoms with Crippen LogP contribution in [0, 0.1) is 6.92 Å². The van der Waals surface area contributed by atoms with Crippen LogP contribution in [-0.4, -0.2) is 60.2 Å². The zero-order valence-electron chi connectivity index (χ0n) is 15.6. The van der Waals surface area contributed by atoms with Crippen LogP contribution in [0.3, 0.4) is 0 Å². The van der Waals surface area contributed by atoms with Gasteiger partial charge in [-0.15, -0.1) is 5.10 Å². The monoisotopic (exact) mass is 366 g/mol. The van der Waals surface area contributed by atoms with Crippen LogP contribution in [0.4, 0.5) is 5.82 Å². The largest absolute Gasteiger partial charge is 0.373 e. The summed E-state index contributed by atoms with van der Waals surface area (Å²) in [6, 6.07) is 10.4. The SMILES string of the molecule is Cc1ccc(-n2nc(N3CCOC(CNCCN)C3)c3ccncc32)cc1. The molecule has 142 valence electrons. The molecule has 1 aromatic carbocycles. The van der Waals surface area contributed by atoms with Gasteiger partial charge >= 0.3 is 0 Å². The molecule has 0 aliphatic carbocycles. The van der Waals surface area contributed by atoms with E-state index in [0.717, 1.165) is 48.6 Å². The van der Waals surface area contributed by atoms with Crippen molar-refractivity contribution in [3.8, 4) is 5.69 Å². The predicted molar refractivity (Wildman–Crippen MR) is 107 cm³/mol. The standard InChI is InChI=1S/C20H26N6O/c1-15-2-4-16(5-3-15)26-19-13-22-8-6-18(19)20(24-26)25-10-11-27-17(14-25)12-23-9-7-21/h2-6,8,13,17,23H,7,9-12,14,21H2,1H3. The maximum absolute atomic E-state index is 5.90. The quantitative estimate of drug-likeness (QED) is 0.643. The van der Waals surface area contributed by atoms with Crippen LogP contribution in [-0.2, 0) is 4.74 Å². The number of fused-ring (bicyclic) bond motifs is 1. The first kappa shape index (κ1) is 17.9. The number of nitrogens with two attached hydrogens (primary N) is 1. The topological polar surface area (TPSA) is 81.2 Å². The first-order valence-electron chi connectivity index (χ1n) is 9.43. The number of morpholine rings is 1. The van der Waals surface area contributed by atoms with Crippen LogP contribution >= 0.6 is 0 Å². The van der Waals surface area contributed by atoms with Crippen molar-refractivity contribution in [2.45, 2.75) is 13.0 Å². The first-order valence-corrected chi connectivity index (χ1v) is 9.43. The second kappa shape index (κ2) is 8.04. The molecule has 1 unspecified atom stereocenters. The van der Waals surface area contributed by atoms with Crippen molar-refractivity contribution in [2.24, 2.45) is 5.73 Å². The highest BCUT2D eigenvalue weighted by molar-refractivity contribution is 5.91. The summed E-state index contributed by atoms with van der Waals surface area (Å²) >= 11 is 0. The van der Waals surface area contributed by atoms with Gasteiger partial charge in [-0.2, -0.15) is 0 Å². The summed E-state index contributed by atoms with van der Waals surface area (Å²) in [6.07, 6.45) is 3.84. The minimum atomic E-state index is 0.131. The van der Waals surface area contributed by atoms with Crippen molar-refractivity contribution in [1.82, 2.24) is 20.1 Å². The van der Waals surface area contributed by atoms with E-state index < -0.39 is 0 Å². The number of hydrogen-bond donors (Lipinski definition) is 2. The van der Waals surface area contributed by atoms with Crippen LogP contribution in [0.2, 0.25) is 0 Å². The number of aromatic nitrogens is 3. The third kappa shape index (κ3) is 3.80. The minimum absolute atomic E-state index is 0.131. The Morgan fingerprint density at radius 3 is 2.93 bits per heavy atom. The third-order valence-corrected chi connectivity index (χ3v) is 4.87. The van der Waals surface area contributed by atoms with E-state index in [2.05, 4.69) is 46.4 Å². The number of ether oxygens (including phenoxy) is 1. The highest BCUT2D eigenvalue weighted by atomic mass is 16.5. The molecule has 0 bridgehead atoms. The molecule has 3 N–H and O–H groups in total. The van der Waals surface area contributed by atoms with Gasteiger partial charge in [-0.05, 0) is 25.1 Å². The van der Waals surface area contributed by atoms with Crippen molar-refractivity contribution in [2.75, 3.05) is 44.2 Å². The van der Waals surface area contributed by atoms with Gasteiger partial charge < -0.3 is 20.7 Å². The summed E-state index contributed by atoms with van der Waals surface area (Å²) < 4.78 is 7.88. The molecular formula is C20H26N6O. The summed E-state index contributed by atoms with van der Waals surface area (Å²) in [5, 5.41) is 9.40. The van der Waals surface area contributed by atoms with Crippen LogP contribution in [0.1, 0.15) is 5.56 Å². The third-order valence-electron chi connectivity index (χ3n) is 4.87. The van der Waals surface area contributed by atoms with Crippen LogP contribution in [0.15, 0.2) is 42.7 Å². The summed E-state index contributed by atoms with van der Waals surface area (Å²) in [7, 11) is 0. The lowest BCUT2D eigenvalue weighted by molar-refractivity contribution is 0.0410. The fourth-order valence-electron chi connectivity index (χ4n) is 3.46. The normalized spacial score (nSPS) is 17.6. The number of nitrogens with zero attached hydrogens (tertiary/aromatic N) is 4. The molecule has 7 heteroatoms. The van der Waals surface area contributed by atoms with Crippen molar-refractivity contribution in [3.63, 3.8) is 0 Å². The molecule has 3 aromatic rings. The van der Waals surface area contributed by atoms with Crippen molar-refractivity contribution in [3.05, 3.63) is 48.3 Å². The average Bonchev–Trinajstić information content (AvgIpc) is 3.09. The molecule has 1 aliphatic rings. The number of pyridine rings is 1. The predicted octanol–water partition coefficient (Wildman–Crippen LogP) is 1.48. The Morgan fingerprint density at radius 1 is 1.26 bits per heavy atom. The number of aryl methyl sites for hydroxylation is 1. The van der Waals surface area contributed by atoms with Crippen LogP contribution in [0.5, 0.6) is 0 Å². The lowest BCUT2D eigenvalue weighted by atomic mass is 10.2. The number of anilines is 1. The Kier molecular flexibility index (Phi) is 5.33. The van der Waals surface area contributed by atoms with Crippen LogP contribution in [0.25, 0.3) is 16.6 Å². The van der Waals surface area contributed by atoms with Gasteiger partial charge in [0.1, 0.15) is 0 Å². The number of rotatable bonds is 6. The highest BCUT2D eigenvalue weighted by Gasteiger charge is 2.24. The fourth-order valence-corrected chi connectivity index (χ4v) is 3.46. The molecule has 27 heavy (non-hydrogen) atoms. The summed E-state index contributed by atoms with van der Waals surface area (Å²) in [5.74, 6) is 0.986. The van der Waals surface area contributed by atoms with Crippen LogP contribution < -0.4 is 16.0 Å². The van der Waals surface area contributed by atoms with Gasteiger partial charge in [0.25, 0.3) is 0 Å². The van der Waals surface area contributed by atoms with Crippen molar-refractivity contribution < 1.29 is 4.74 Å². The molecule has 3 heterocycles. The Morgan fingerprint density at radius 2 is 2.11 bits per heavy atom. The first-order chi connectivity index (χ1) is 13.3. The molecule has 0 radical (unpaired) electrons. The second-order valence-electron chi connectivity index (χ2n) is 6.90. The van der Waals surface area contributed by atoms with Gasteiger partial charge in [0.2, 0.25) is 0 Å². The molecule has 0 saturated carbocycles. The maximum Gasteiger partial charge on any atom is 0.159 e. The Bertz CT molecular complexity index is 891. The molecule has 1 saturated heterocycles. The molecule has 4 rings (SSSR count). The van der Waals surface area contributed by atoms with E-state index in [1.165, 1.54) is 5.56 Å². The van der Waals surface area contributed by atoms with Gasteiger partial charge in [-0.1, -0.05) is 17.7 Å². The van der Waals surface area contributed by atoms with Crippen molar-refractivity contribution in [1.29, 1.82) is 0 Å². The molecular weight excluding hydrogens is 340 g/mol. The van der Waals surface area contributed by atoms with Crippen molar-refractivity contribution >= 4 is 16.7 Å². The summed E-state index contributed by atoms with van der Waals surface area (Å²) in [6.45, 7) is 6.65. The smallest absolute Gasteiger partial charge is 0.159 e. The van der Waals surface area contributed by atoms with E-state index >= 15 is 0 Å². The maximum atomic E-state index is 5.90. The number of benzene rings is 1. The number of hydrogen-bond acceptors (Lipinski definition) is 6. The van der Waals surface area contributed by atoms with Gasteiger partial charge in [0.05, 0.1) is 30.1 Å². The number of nitrogens with one attached hydrogen (secondary N) is 1. The Balaban J connectivity index is 1.65. The zero-order chi connectivity index (χ0) is 18.6. The fraction of sp³-hybridized carbons (Fsp3) is 0.400. The second-order valence-corrected chi connectivity index (χ2v) is 6.90. The van der Waals surface area contributed by atoms with E-state index in [9.17, 15) is 0 Å². The van der Waals surface area contributed by atoms with E-state index in [1.54, 1.807) is 0 Å². The van der Waals surface area contributed by atoms with Gasteiger partial charge in [-0.3, -0.25) is 4.98 Å². The van der Waals surface area contributed by atoms with Gasteiger partial charge in [0, 0.05) is 44.3 Å². The molecule has 0 spiro atoms. The van der Waals surface area contributed by atoms with Gasteiger partial charge in [0.15, 0.2) is 5.82 Å². The minimum Gasteiger partial charge on any atom is -0.373 e. The molecule has 7 nitrogen and oxygen atoms in total. The van der Waals surface area contributed by atoms with E-state index in [4.69, 9.17) is 15.6 Å². The average molecular weight is 366 g/mol. The molecule has 1 aliphatic heterocycles. The molecule has 2 aromatic heterocycles. The van der Waals surface area contributed by atoms with E-state index in [1.807, 2.05) is 23.1 Å². The lowest BCUT2D eigenvalue weighted by Gasteiger charge is -2.33. The van der Waals surface area contributed by atoms with E-state index in [-0.39, 0.29) is 6.10 Å². The Labute approximate surface area is 159 Å². The summed E-state index contributed by atoms with van der Waals surface area (Å²) in [5.41, 5.74) is 8.85. The molecule has 0 amide bonds. The summed E-state index contributed by atoms with van der Waals surface area (Å²) in [4.78, 5) is 6.62. The lowest BCUT2D eigenvalue weighted by Crippen LogP contribution is -2.47. The van der Waals surface area contributed by atoms with E-state index in [0.29, 0.717) is 13.2 Å². The molecule has 1 fully saturated rings. The van der Waals surface area contributed by atoms with Gasteiger partial charge in [-0.25, -0.2) is 4.68 Å². The molecule has 1 atom stereocenters. The zero-order valence-corrected chi connectivity index (χ0v) is 15.6.